The highest BCUT2D eigenvalue weighted by molar-refractivity contribution is 7.99. The molecule has 3 rings (SSSR count). The minimum Gasteiger partial charge on any atom is -0.388 e. The molecular formula is C24H39ClN2O5S. The largest absolute Gasteiger partial charge is 0.388 e. The van der Waals surface area contributed by atoms with Gasteiger partial charge in [0.1, 0.15) is 29.9 Å². The van der Waals surface area contributed by atoms with E-state index in [0.717, 1.165) is 18.8 Å². The monoisotopic (exact) mass is 502 g/mol. The molecule has 7 nitrogen and oxygen atoms in total. The summed E-state index contributed by atoms with van der Waals surface area (Å²) in [5.41, 5.74) is 0.518. The highest BCUT2D eigenvalue weighted by Crippen LogP contribution is 2.30. The van der Waals surface area contributed by atoms with Crippen molar-refractivity contribution in [1.29, 1.82) is 0 Å². The Morgan fingerprint density at radius 1 is 1.30 bits per heavy atom. The molecule has 1 aliphatic carbocycles. The Morgan fingerprint density at radius 3 is 2.70 bits per heavy atom. The molecule has 8 atom stereocenters. The van der Waals surface area contributed by atoms with Crippen molar-refractivity contribution in [3.05, 3.63) is 23.8 Å². The normalized spacial score (nSPS) is 35.8. The first-order chi connectivity index (χ1) is 15.8. The van der Waals surface area contributed by atoms with Crippen LogP contribution >= 0.6 is 23.4 Å². The standard InChI is InChI=1S/C24H39ClN2O5S/c1-14(25)18(22-20(29)19(28)21(30)24(32-22)33-2)27-23(31)17-11-10-16(12-13-26-17)9-5-8-15-6-3-4-7-15/h5,9-10,14-15,17-22,24,26,28-30H,3-4,6-8,11-13H2,1-2H3,(H,27,31)/b9-5+/t14-,17-,18+,19?,20?,21+,22+,24?/m0/s1. The Balaban J connectivity index is 1.59. The summed E-state index contributed by atoms with van der Waals surface area (Å²) in [5, 5.41) is 36.6. The predicted molar refractivity (Wildman–Crippen MR) is 132 cm³/mol. The van der Waals surface area contributed by atoms with Crippen molar-refractivity contribution in [2.24, 2.45) is 5.92 Å². The van der Waals surface area contributed by atoms with Gasteiger partial charge in [-0.15, -0.1) is 23.4 Å². The number of thioether (sulfide) groups is 1. The van der Waals surface area contributed by atoms with Crippen molar-refractivity contribution in [2.45, 2.75) is 99.2 Å². The minimum absolute atomic E-state index is 0.225. The Hall–Kier alpha value is -0.610. The zero-order valence-electron chi connectivity index (χ0n) is 19.5. The molecule has 0 radical (unpaired) electrons. The summed E-state index contributed by atoms with van der Waals surface area (Å²) < 4.78 is 5.83. The fourth-order valence-electron chi connectivity index (χ4n) is 4.94. The van der Waals surface area contributed by atoms with Gasteiger partial charge >= 0.3 is 0 Å². The topological polar surface area (TPSA) is 111 Å². The van der Waals surface area contributed by atoms with Crippen LogP contribution in [0.3, 0.4) is 0 Å². The van der Waals surface area contributed by atoms with E-state index in [2.05, 4.69) is 28.9 Å². The van der Waals surface area contributed by atoms with Gasteiger partial charge in [-0.25, -0.2) is 0 Å². The molecule has 0 spiro atoms. The molecule has 9 heteroatoms. The number of allylic oxidation sites excluding steroid dienone is 2. The van der Waals surface area contributed by atoms with Crippen LogP contribution in [0.2, 0.25) is 0 Å². The molecule has 0 aromatic heterocycles. The van der Waals surface area contributed by atoms with E-state index in [-0.39, 0.29) is 5.91 Å². The average Bonchev–Trinajstić information content (AvgIpc) is 3.20. The molecule has 0 aromatic carbocycles. The smallest absolute Gasteiger partial charge is 0.237 e. The van der Waals surface area contributed by atoms with E-state index in [1.165, 1.54) is 43.0 Å². The van der Waals surface area contributed by atoms with Crippen LogP contribution in [0.5, 0.6) is 0 Å². The Labute approximate surface area is 206 Å². The van der Waals surface area contributed by atoms with Gasteiger partial charge in [0.05, 0.1) is 17.5 Å². The van der Waals surface area contributed by atoms with Crippen molar-refractivity contribution in [1.82, 2.24) is 10.6 Å². The van der Waals surface area contributed by atoms with E-state index >= 15 is 0 Å². The molecule has 2 heterocycles. The highest BCUT2D eigenvalue weighted by atomic mass is 35.5. The number of rotatable bonds is 8. The zero-order chi connectivity index (χ0) is 24.0. The van der Waals surface area contributed by atoms with Gasteiger partial charge in [0.15, 0.2) is 0 Å². The van der Waals surface area contributed by atoms with Gasteiger partial charge in [-0.2, -0.15) is 0 Å². The molecule has 1 saturated carbocycles. The SMILES string of the molecule is CSC1O[C@H]([C@H](NC(=O)[C@@H]2CC=C(/C=C/CC3CCCC3)CCN2)[C@H](C)Cl)C(O)C(O)[C@H]1O. The molecule has 2 fully saturated rings. The molecule has 0 aromatic rings. The molecule has 33 heavy (non-hydrogen) atoms. The summed E-state index contributed by atoms with van der Waals surface area (Å²) in [6.45, 7) is 2.41. The summed E-state index contributed by atoms with van der Waals surface area (Å²) in [5.74, 6) is 0.596. The van der Waals surface area contributed by atoms with Gasteiger partial charge < -0.3 is 30.7 Å². The molecule has 5 N–H and O–H groups in total. The first kappa shape index (κ1) is 27.0. The Kier molecular flexibility index (Phi) is 10.6. The van der Waals surface area contributed by atoms with Crippen LogP contribution in [0.15, 0.2) is 23.8 Å². The van der Waals surface area contributed by atoms with Crippen LogP contribution in [-0.2, 0) is 9.53 Å². The van der Waals surface area contributed by atoms with Gasteiger partial charge in [-0.05, 0) is 44.9 Å². The molecule has 2 aliphatic heterocycles. The van der Waals surface area contributed by atoms with E-state index in [1.807, 2.05) is 0 Å². The van der Waals surface area contributed by atoms with Gasteiger partial charge in [0.25, 0.3) is 0 Å². The Morgan fingerprint density at radius 2 is 2.03 bits per heavy atom. The molecular weight excluding hydrogens is 464 g/mol. The molecule has 3 unspecified atom stereocenters. The number of halogens is 1. The second kappa shape index (κ2) is 12.9. The van der Waals surface area contributed by atoms with E-state index < -0.39 is 47.3 Å². The second-order valence-electron chi connectivity index (χ2n) is 9.45. The number of hydrogen-bond donors (Lipinski definition) is 5. The summed E-state index contributed by atoms with van der Waals surface area (Å²) in [7, 11) is 0. The number of alkyl halides is 1. The maximum Gasteiger partial charge on any atom is 0.237 e. The first-order valence-electron chi connectivity index (χ1n) is 12.1. The maximum absolute atomic E-state index is 13.1. The fourth-order valence-corrected chi connectivity index (χ4v) is 5.83. The zero-order valence-corrected chi connectivity index (χ0v) is 21.1. The van der Waals surface area contributed by atoms with Crippen LogP contribution < -0.4 is 10.6 Å². The average molecular weight is 503 g/mol. The summed E-state index contributed by atoms with van der Waals surface area (Å²) in [4.78, 5) is 13.1. The lowest BCUT2D eigenvalue weighted by Crippen LogP contribution is -2.65. The number of carbonyl (C=O) groups is 1. The van der Waals surface area contributed by atoms with Gasteiger partial charge in [0.2, 0.25) is 5.91 Å². The minimum atomic E-state index is -1.38. The van der Waals surface area contributed by atoms with Crippen LogP contribution in [0.4, 0.5) is 0 Å². The van der Waals surface area contributed by atoms with E-state index in [4.69, 9.17) is 16.3 Å². The number of amides is 1. The lowest BCUT2D eigenvalue weighted by molar-refractivity contribution is -0.205. The van der Waals surface area contributed by atoms with Crippen molar-refractivity contribution in [3.63, 3.8) is 0 Å². The third kappa shape index (κ3) is 7.19. The van der Waals surface area contributed by atoms with Crippen molar-refractivity contribution in [2.75, 3.05) is 12.8 Å². The molecule has 1 amide bonds. The number of carbonyl (C=O) groups excluding carboxylic acids is 1. The summed E-state index contributed by atoms with van der Waals surface area (Å²) in [6.07, 6.45) is 11.4. The number of aliphatic hydroxyl groups is 3. The fraction of sp³-hybridized carbons (Fsp3) is 0.792. The number of nitrogens with one attached hydrogen (secondary N) is 2. The molecule has 0 bridgehead atoms. The van der Waals surface area contributed by atoms with Gasteiger partial charge in [-0.3, -0.25) is 4.79 Å². The summed E-state index contributed by atoms with van der Waals surface area (Å²) >= 11 is 7.60. The predicted octanol–water partition coefficient (Wildman–Crippen LogP) is 2.08. The van der Waals surface area contributed by atoms with Gasteiger partial charge in [-0.1, -0.05) is 49.5 Å². The van der Waals surface area contributed by atoms with E-state index in [9.17, 15) is 20.1 Å². The van der Waals surface area contributed by atoms with Gasteiger partial charge in [0, 0.05) is 0 Å². The quantitative estimate of drug-likeness (QED) is 0.323. The lowest BCUT2D eigenvalue weighted by Gasteiger charge is -2.44. The summed E-state index contributed by atoms with van der Waals surface area (Å²) in [6, 6.07) is -1.15. The van der Waals surface area contributed by atoms with E-state index in [1.54, 1.807) is 13.2 Å². The van der Waals surface area contributed by atoms with Crippen LogP contribution in [0.1, 0.15) is 51.9 Å². The molecule has 1 saturated heterocycles. The number of aliphatic hydroxyl groups excluding tert-OH is 3. The van der Waals surface area contributed by atoms with E-state index in [0.29, 0.717) is 13.0 Å². The first-order valence-corrected chi connectivity index (χ1v) is 13.8. The van der Waals surface area contributed by atoms with Crippen LogP contribution in [0, 0.1) is 5.92 Å². The van der Waals surface area contributed by atoms with Crippen LogP contribution in [-0.4, -0.2) is 81.3 Å². The second-order valence-corrected chi connectivity index (χ2v) is 11.1. The third-order valence-corrected chi connectivity index (χ3v) is 8.14. The number of hydrogen-bond acceptors (Lipinski definition) is 7. The number of ether oxygens (including phenoxy) is 1. The highest BCUT2D eigenvalue weighted by Gasteiger charge is 2.48. The van der Waals surface area contributed by atoms with Crippen molar-refractivity contribution >= 4 is 29.3 Å². The lowest BCUT2D eigenvalue weighted by atomic mass is 9.93. The molecule has 188 valence electrons. The van der Waals surface area contributed by atoms with Crippen molar-refractivity contribution in [3.8, 4) is 0 Å². The third-order valence-electron chi connectivity index (χ3n) is 7.01. The maximum atomic E-state index is 13.1. The molecule has 3 aliphatic rings. The van der Waals surface area contributed by atoms with Crippen molar-refractivity contribution < 1.29 is 24.9 Å². The van der Waals surface area contributed by atoms with Crippen LogP contribution in [0.25, 0.3) is 0 Å². The Bertz CT molecular complexity index is 698.